The molecule has 5 nitrogen and oxygen atoms in total. The molecule has 1 heterocycles. The van der Waals surface area contributed by atoms with E-state index >= 15 is 0 Å². The molecule has 0 bridgehead atoms. The molecule has 1 saturated carbocycles. The van der Waals surface area contributed by atoms with E-state index in [9.17, 15) is 9.90 Å². The minimum atomic E-state index is -0.446. The lowest BCUT2D eigenvalue weighted by molar-refractivity contribution is -0.134. The number of aliphatic hydroxyl groups is 1. The number of ether oxygens (including phenoxy) is 1. The van der Waals surface area contributed by atoms with Crippen LogP contribution in [0.1, 0.15) is 24.8 Å². The predicted octanol–water partition coefficient (Wildman–Crippen LogP) is 1.33. The van der Waals surface area contributed by atoms with Crippen molar-refractivity contribution in [2.45, 2.75) is 25.4 Å². The van der Waals surface area contributed by atoms with Crippen LogP contribution in [0.2, 0.25) is 0 Å². The van der Waals surface area contributed by atoms with Gasteiger partial charge in [-0.2, -0.15) is 0 Å². The molecule has 2 fully saturated rings. The van der Waals surface area contributed by atoms with Crippen LogP contribution in [0.4, 0.5) is 0 Å². The number of aliphatic hydroxyl groups excluding tert-OH is 1. The van der Waals surface area contributed by atoms with Gasteiger partial charge in [0.2, 0.25) is 5.91 Å². The van der Waals surface area contributed by atoms with E-state index in [1.807, 2.05) is 30.0 Å². The summed E-state index contributed by atoms with van der Waals surface area (Å²) in [5.74, 6) is 0.880. The van der Waals surface area contributed by atoms with Crippen LogP contribution in [0.3, 0.4) is 0 Å². The van der Waals surface area contributed by atoms with E-state index in [-0.39, 0.29) is 5.92 Å². The Balaban J connectivity index is 1.41. The van der Waals surface area contributed by atoms with Crippen LogP contribution < -0.4 is 0 Å². The molecule has 1 aromatic carbocycles. The maximum atomic E-state index is 12.7. The van der Waals surface area contributed by atoms with Gasteiger partial charge in [0, 0.05) is 45.2 Å². The molecule has 3 rings (SSSR count). The lowest BCUT2D eigenvalue weighted by Crippen LogP contribution is -2.51. The first-order valence-electron chi connectivity index (χ1n) is 9.01. The van der Waals surface area contributed by atoms with Crippen molar-refractivity contribution in [2.24, 2.45) is 5.92 Å². The molecule has 2 aliphatic rings. The maximum Gasteiger partial charge on any atom is 0.226 e. The highest BCUT2D eigenvalue weighted by Crippen LogP contribution is 2.48. The topological polar surface area (TPSA) is 53.0 Å². The average Bonchev–Trinajstić information content (AvgIpc) is 3.41. The molecule has 1 aromatic rings. The molecule has 1 aliphatic heterocycles. The Hall–Kier alpha value is -1.43. The minimum absolute atomic E-state index is 0.169. The van der Waals surface area contributed by atoms with Gasteiger partial charge in [0.15, 0.2) is 0 Å². The quantitative estimate of drug-likeness (QED) is 0.818. The summed E-state index contributed by atoms with van der Waals surface area (Å²) in [6.07, 6.45) is 0.536. The molecule has 1 aliphatic carbocycles. The van der Waals surface area contributed by atoms with Gasteiger partial charge < -0.3 is 14.7 Å². The Bertz CT molecular complexity index is 529. The summed E-state index contributed by atoms with van der Waals surface area (Å²) in [6, 6.07) is 10.3. The van der Waals surface area contributed by atoms with Crippen LogP contribution in [0.25, 0.3) is 0 Å². The van der Waals surface area contributed by atoms with Crippen LogP contribution in [0, 0.1) is 5.92 Å². The predicted molar refractivity (Wildman–Crippen MR) is 92.8 cm³/mol. The number of hydrogen-bond acceptors (Lipinski definition) is 4. The summed E-state index contributed by atoms with van der Waals surface area (Å²) < 4.78 is 5.25. The van der Waals surface area contributed by atoms with Crippen molar-refractivity contribution in [1.29, 1.82) is 0 Å². The molecule has 1 amide bonds. The van der Waals surface area contributed by atoms with Gasteiger partial charge in [0.1, 0.15) is 0 Å². The van der Waals surface area contributed by atoms with E-state index in [1.165, 1.54) is 5.56 Å². The average molecular weight is 332 g/mol. The summed E-state index contributed by atoms with van der Waals surface area (Å²) >= 11 is 0. The Labute approximate surface area is 144 Å². The van der Waals surface area contributed by atoms with Crippen molar-refractivity contribution < 1.29 is 14.6 Å². The second-order valence-corrected chi connectivity index (χ2v) is 6.80. The van der Waals surface area contributed by atoms with Gasteiger partial charge in [-0.25, -0.2) is 0 Å². The number of β-amino-alcohol motifs (C(OH)–C–C–N with tert-alkyl or cyclic N) is 1. The fraction of sp³-hybridized carbons (Fsp3) is 0.632. The molecule has 0 radical (unpaired) electrons. The molecule has 1 N–H and O–H groups in total. The molecular formula is C19H28N2O3. The highest BCUT2D eigenvalue weighted by atomic mass is 16.5. The second-order valence-electron chi connectivity index (χ2n) is 6.80. The summed E-state index contributed by atoms with van der Waals surface area (Å²) in [5.41, 5.74) is 1.29. The number of carbonyl (C=O) groups excluding carboxylic acids is 1. The van der Waals surface area contributed by atoms with Gasteiger partial charge in [0.05, 0.1) is 12.7 Å². The maximum absolute atomic E-state index is 12.7. The number of hydrogen-bond donors (Lipinski definition) is 1. The zero-order valence-electron chi connectivity index (χ0n) is 14.4. The van der Waals surface area contributed by atoms with Gasteiger partial charge in [-0.3, -0.25) is 9.69 Å². The largest absolute Gasteiger partial charge is 0.389 e. The first kappa shape index (κ1) is 17.4. The molecule has 0 unspecified atom stereocenters. The summed E-state index contributed by atoms with van der Waals surface area (Å²) in [4.78, 5) is 16.9. The third-order valence-electron chi connectivity index (χ3n) is 5.00. The minimum Gasteiger partial charge on any atom is -0.389 e. The van der Waals surface area contributed by atoms with E-state index in [2.05, 4.69) is 17.0 Å². The number of carbonyl (C=O) groups is 1. The number of nitrogens with zero attached hydrogens (tertiary/aromatic N) is 2. The normalized spacial score (nSPS) is 25.5. The third-order valence-corrected chi connectivity index (χ3v) is 5.00. The molecule has 132 valence electrons. The summed E-state index contributed by atoms with van der Waals surface area (Å²) in [6.45, 7) is 6.75. The van der Waals surface area contributed by atoms with E-state index in [0.717, 1.165) is 32.6 Å². The number of amides is 1. The van der Waals surface area contributed by atoms with Crippen molar-refractivity contribution in [3.05, 3.63) is 35.9 Å². The first-order chi connectivity index (χ1) is 11.7. The van der Waals surface area contributed by atoms with E-state index in [4.69, 9.17) is 4.74 Å². The number of rotatable bonds is 7. The Kier molecular flexibility index (Phi) is 5.87. The smallest absolute Gasteiger partial charge is 0.226 e. The van der Waals surface area contributed by atoms with E-state index in [1.54, 1.807) is 0 Å². The van der Waals surface area contributed by atoms with Crippen LogP contribution in [0.5, 0.6) is 0 Å². The summed E-state index contributed by atoms with van der Waals surface area (Å²) in [5, 5.41) is 9.92. The van der Waals surface area contributed by atoms with Gasteiger partial charge in [-0.1, -0.05) is 30.3 Å². The zero-order chi connectivity index (χ0) is 16.9. The van der Waals surface area contributed by atoms with Gasteiger partial charge >= 0.3 is 0 Å². The van der Waals surface area contributed by atoms with Gasteiger partial charge in [-0.15, -0.1) is 0 Å². The van der Waals surface area contributed by atoms with Gasteiger partial charge in [-0.05, 0) is 24.8 Å². The highest BCUT2D eigenvalue weighted by Gasteiger charge is 2.45. The SMILES string of the molecule is CCOC[C@H](O)CN1CCN(C(=O)[C@H]2C[C@@H]2c2ccccc2)CC1. The van der Waals surface area contributed by atoms with Crippen LogP contribution in [-0.4, -0.2) is 72.9 Å². The molecule has 0 aromatic heterocycles. The van der Waals surface area contributed by atoms with Gasteiger partial charge in [0.25, 0.3) is 0 Å². The number of piperazine rings is 1. The van der Waals surface area contributed by atoms with Crippen LogP contribution >= 0.6 is 0 Å². The van der Waals surface area contributed by atoms with Crippen molar-refractivity contribution in [3.63, 3.8) is 0 Å². The molecule has 5 heteroatoms. The van der Waals surface area contributed by atoms with E-state index < -0.39 is 6.10 Å². The van der Waals surface area contributed by atoms with Crippen LogP contribution in [-0.2, 0) is 9.53 Å². The third kappa shape index (κ3) is 4.35. The van der Waals surface area contributed by atoms with Crippen LogP contribution in [0.15, 0.2) is 30.3 Å². The second kappa shape index (κ2) is 8.10. The zero-order valence-corrected chi connectivity index (χ0v) is 14.4. The Morgan fingerprint density at radius 3 is 2.62 bits per heavy atom. The fourth-order valence-electron chi connectivity index (χ4n) is 3.53. The van der Waals surface area contributed by atoms with Crippen molar-refractivity contribution in [2.75, 3.05) is 45.9 Å². The molecule has 1 saturated heterocycles. The molecular weight excluding hydrogens is 304 g/mol. The lowest BCUT2D eigenvalue weighted by atomic mass is 10.1. The standard InChI is InChI=1S/C19H28N2O3/c1-2-24-14-16(22)13-20-8-10-21(11-9-20)19(23)18-12-17(18)15-6-4-3-5-7-15/h3-7,16-18,22H,2,8-14H2,1H3/t16-,17-,18+/m1/s1. The lowest BCUT2D eigenvalue weighted by Gasteiger charge is -2.35. The summed E-state index contributed by atoms with van der Waals surface area (Å²) in [7, 11) is 0. The monoisotopic (exact) mass is 332 g/mol. The molecule has 0 spiro atoms. The highest BCUT2D eigenvalue weighted by molar-refractivity contribution is 5.83. The Morgan fingerprint density at radius 1 is 1.25 bits per heavy atom. The fourth-order valence-corrected chi connectivity index (χ4v) is 3.53. The van der Waals surface area contributed by atoms with Crippen molar-refractivity contribution in [3.8, 4) is 0 Å². The molecule has 24 heavy (non-hydrogen) atoms. The van der Waals surface area contributed by atoms with E-state index in [0.29, 0.717) is 31.6 Å². The molecule has 3 atom stereocenters. The van der Waals surface area contributed by atoms with Crippen molar-refractivity contribution >= 4 is 5.91 Å². The van der Waals surface area contributed by atoms with Crippen molar-refractivity contribution in [1.82, 2.24) is 9.80 Å². The number of benzene rings is 1. The first-order valence-corrected chi connectivity index (χ1v) is 9.01. The Morgan fingerprint density at radius 2 is 1.96 bits per heavy atom.